The molecule has 3 aliphatic rings. The molecule has 0 saturated carbocycles. The van der Waals surface area contributed by atoms with Gasteiger partial charge < -0.3 is 23.5 Å². The number of carbonyl (C=O) groups is 2. The number of aliphatic hydroxyl groups is 1. The molecule has 0 bridgehead atoms. The summed E-state index contributed by atoms with van der Waals surface area (Å²) in [6.45, 7) is 17.3. The average molecular weight is 654 g/mol. The Bertz CT molecular complexity index is 1540. The van der Waals surface area contributed by atoms with Gasteiger partial charge in [0.15, 0.2) is 25.5 Å². The molecule has 0 radical (unpaired) electrons. The summed E-state index contributed by atoms with van der Waals surface area (Å²) in [5.41, 5.74) is 0.589. The third-order valence-corrected chi connectivity index (χ3v) is 15.0. The third kappa shape index (κ3) is 5.41. The quantitative estimate of drug-likeness (QED) is 0.197. The Balaban J connectivity index is 1.76. The van der Waals surface area contributed by atoms with Crippen LogP contribution in [0.25, 0.3) is 0 Å². The zero-order valence-corrected chi connectivity index (χ0v) is 30.2. The Morgan fingerprint density at radius 1 is 1.09 bits per heavy atom. The molecule has 2 heterocycles. The summed E-state index contributed by atoms with van der Waals surface area (Å²) in [7, 11) is 1.08. The molecule has 252 valence electrons. The second-order valence-electron chi connectivity index (χ2n) is 14.9. The Labute approximate surface area is 274 Å². The molecule has 0 aromatic carbocycles. The van der Waals surface area contributed by atoms with Crippen LogP contribution in [0.5, 0.6) is 11.6 Å². The minimum absolute atomic E-state index is 0.102. The van der Waals surface area contributed by atoms with Crippen molar-refractivity contribution < 1.29 is 33.1 Å². The van der Waals surface area contributed by atoms with Crippen LogP contribution in [-0.2, 0) is 10.8 Å². The lowest BCUT2D eigenvalue weighted by molar-refractivity contribution is -0.0480. The molecule has 0 unspecified atom stereocenters. The maximum absolute atomic E-state index is 15.2. The lowest BCUT2D eigenvalue weighted by Gasteiger charge is -2.55. The van der Waals surface area contributed by atoms with E-state index in [2.05, 4.69) is 57.9 Å². The number of carbonyl (C=O) groups excluding carboxylic acids is 2. The molecular formula is C35H51N3O7Si. The topological polar surface area (TPSA) is 124 Å². The number of aryl methyl sites for hydroxylation is 1. The van der Waals surface area contributed by atoms with Gasteiger partial charge in [0.1, 0.15) is 17.1 Å². The van der Waals surface area contributed by atoms with Gasteiger partial charge in [0, 0.05) is 17.2 Å². The number of unbranched alkanes of at least 4 members (excludes halogenated alkanes) is 2. The highest BCUT2D eigenvalue weighted by Crippen LogP contribution is 2.59. The summed E-state index contributed by atoms with van der Waals surface area (Å²) in [4.78, 5) is 36.4. The van der Waals surface area contributed by atoms with E-state index in [1.165, 1.54) is 0 Å². The first-order valence-corrected chi connectivity index (χ1v) is 19.7. The number of fused-ring (bicyclic) bond motifs is 4. The van der Waals surface area contributed by atoms with Crippen molar-refractivity contribution in [1.82, 2.24) is 15.0 Å². The van der Waals surface area contributed by atoms with E-state index < -0.39 is 31.7 Å². The van der Waals surface area contributed by atoms with Crippen LogP contribution < -0.4 is 9.47 Å². The van der Waals surface area contributed by atoms with Crippen LogP contribution in [0.1, 0.15) is 110 Å². The minimum Gasteiger partial charge on any atom is -0.508 e. The first kappa shape index (κ1) is 34.3. The van der Waals surface area contributed by atoms with Gasteiger partial charge in [-0.25, -0.2) is 0 Å². The molecule has 0 spiro atoms. The van der Waals surface area contributed by atoms with E-state index in [0.717, 1.165) is 36.9 Å². The fourth-order valence-electron chi connectivity index (χ4n) is 7.01. The monoisotopic (exact) mass is 653 g/mol. The molecule has 11 heteroatoms. The zero-order valence-electron chi connectivity index (χ0n) is 29.2. The van der Waals surface area contributed by atoms with E-state index in [-0.39, 0.29) is 39.5 Å². The van der Waals surface area contributed by atoms with Gasteiger partial charge in [-0.2, -0.15) is 0 Å². The number of pyridine rings is 1. The van der Waals surface area contributed by atoms with E-state index in [9.17, 15) is 9.90 Å². The fourth-order valence-corrected chi connectivity index (χ4v) is 8.46. The number of hydrogen-bond acceptors (Lipinski definition) is 10. The number of nitrogens with zero attached hydrogens (tertiary/aromatic N) is 3. The normalized spacial score (nSPS) is 24.5. The van der Waals surface area contributed by atoms with Crippen molar-refractivity contribution >= 4 is 19.9 Å². The largest absolute Gasteiger partial charge is 0.508 e. The predicted octanol–water partition coefficient (Wildman–Crippen LogP) is 7.18. The van der Waals surface area contributed by atoms with Crippen LogP contribution in [0.4, 0.5) is 0 Å². The summed E-state index contributed by atoms with van der Waals surface area (Å²) in [6, 6.07) is -0.475. The van der Waals surface area contributed by atoms with E-state index >= 15 is 4.79 Å². The molecule has 2 aromatic heterocycles. The van der Waals surface area contributed by atoms with Gasteiger partial charge >= 0.3 is 0 Å². The Morgan fingerprint density at radius 2 is 1.74 bits per heavy atom. The highest BCUT2D eigenvalue weighted by Gasteiger charge is 2.67. The lowest BCUT2D eigenvalue weighted by atomic mass is 9.58. The van der Waals surface area contributed by atoms with Gasteiger partial charge in [-0.3, -0.25) is 19.5 Å². The number of allylic oxidation sites excluding steroid dienone is 1. The molecule has 3 aliphatic carbocycles. The van der Waals surface area contributed by atoms with Crippen LogP contribution in [-0.4, -0.2) is 72.9 Å². The predicted molar refractivity (Wildman–Crippen MR) is 177 cm³/mol. The van der Waals surface area contributed by atoms with Crippen LogP contribution in [0.2, 0.25) is 18.1 Å². The number of hydrogen-bond donors (Lipinski definition) is 1. The first-order chi connectivity index (χ1) is 21.6. The van der Waals surface area contributed by atoms with Crippen molar-refractivity contribution in [2.24, 2.45) is 11.8 Å². The van der Waals surface area contributed by atoms with Crippen molar-refractivity contribution in [2.45, 2.75) is 110 Å². The number of aromatic nitrogens is 2. The SMILES string of the molecule is CCCCOc1cnc(C)c2c1C(=O)C1=C(O)[C@]3(O[Si](C)(C)C(C)(C)C)C(=O)c4c(OCCCC)noc4[C@@H](N(C)C)[C@@H]3C[C@@H]1C2. The standard InChI is InChI=1S/C35H51N3O7Si/c1-11-13-15-42-24-19-36-20(3)22-17-21-18-23-28(38(7)8)30-27(33(37-44-30)43-16-14-12-2)32(41)35(23,45-46(9,10)34(4,5)6)31(40)25(21)29(39)26(22)24/h19,21,23,28,40H,11-18H2,1-10H3/t21-,23-,28-,35-/m0/s1. The average Bonchev–Trinajstić information content (AvgIpc) is 3.38. The van der Waals surface area contributed by atoms with Gasteiger partial charge in [-0.15, -0.1) is 0 Å². The maximum atomic E-state index is 15.2. The second kappa shape index (κ2) is 12.5. The fraction of sp³-hybridized carbons (Fsp3) is 0.657. The van der Waals surface area contributed by atoms with Crippen LogP contribution in [0, 0.1) is 18.8 Å². The Hall–Kier alpha value is -3.02. The Kier molecular flexibility index (Phi) is 9.35. The van der Waals surface area contributed by atoms with E-state index in [1.807, 2.05) is 25.9 Å². The maximum Gasteiger partial charge on any atom is 0.265 e. The Morgan fingerprint density at radius 3 is 2.35 bits per heavy atom. The molecule has 0 saturated heterocycles. The molecule has 4 atom stereocenters. The van der Waals surface area contributed by atoms with Gasteiger partial charge in [0.05, 0.1) is 31.0 Å². The second-order valence-corrected chi connectivity index (χ2v) is 19.6. The lowest BCUT2D eigenvalue weighted by Crippen LogP contribution is -2.65. The summed E-state index contributed by atoms with van der Waals surface area (Å²) in [6.07, 6.45) is 5.98. The minimum atomic E-state index is -2.77. The van der Waals surface area contributed by atoms with E-state index in [0.29, 0.717) is 43.1 Å². The number of aliphatic hydroxyl groups excluding tert-OH is 1. The molecule has 0 fully saturated rings. The van der Waals surface area contributed by atoms with Gasteiger partial charge in [0.2, 0.25) is 5.78 Å². The highest BCUT2D eigenvalue weighted by molar-refractivity contribution is 6.74. The molecular weight excluding hydrogens is 602 g/mol. The summed E-state index contributed by atoms with van der Waals surface area (Å²) in [5.74, 6) is -1.09. The summed E-state index contributed by atoms with van der Waals surface area (Å²) >= 11 is 0. The number of rotatable bonds is 11. The zero-order chi connectivity index (χ0) is 33.8. The summed E-state index contributed by atoms with van der Waals surface area (Å²) in [5, 5.41) is 16.6. The first-order valence-electron chi connectivity index (χ1n) is 16.8. The number of ketones is 2. The van der Waals surface area contributed by atoms with Crippen molar-refractivity contribution in [2.75, 3.05) is 27.3 Å². The molecule has 0 aliphatic heterocycles. The van der Waals surface area contributed by atoms with Crippen molar-refractivity contribution in [3.8, 4) is 11.6 Å². The molecule has 2 aromatic rings. The van der Waals surface area contributed by atoms with Crippen molar-refractivity contribution in [1.29, 1.82) is 0 Å². The van der Waals surface area contributed by atoms with Crippen LogP contribution in [0.3, 0.4) is 0 Å². The molecule has 5 rings (SSSR count). The van der Waals surface area contributed by atoms with Gasteiger partial charge in [0.25, 0.3) is 5.88 Å². The van der Waals surface area contributed by atoms with E-state index in [1.54, 1.807) is 6.20 Å². The van der Waals surface area contributed by atoms with Crippen molar-refractivity contribution in [3.63, 3.8) is 0 Å². The van der Waals surface area contributed by atoms with Gasteiger partial charge in [-0.05, 0) is 81.5 Å². The molecule has 1 N–H and O–H groups in total. The molecule has 0 amide bonds. The molecule has 46 heavy (non-hydrogen) atoms. The van der Waals surface area contributed by atoms with Crippen molar-refractivity contribution in [3.05, 3.63) is 45.7 Å². The highest BCUT2D eigenvalue weighted by atomic mass is 28.4. The van der Waals surface area contributed by atoms with Gasteiger partial charge in [-0.1, -0.05) is 47.5 Å². The van der Waals surface area contributed by atoms with Crippen LogP contribution >= 0.6 is 0 Å². The number of ether oxygens (including phenoxy) is 2. The molecule has 10 nitrogen and oxygen atoms in total. The van der Waals surface area contributed by atoms with Crippen LogP contribution in [0.15, 0.2) is 22.1 Å². The number of Topliss-reactive ketones (excluding diaryl/α,β-unsaturated/α-hetero) is 2. The summed E-state index contributed by atoms with van der Waals surface area (Å²) < 4.78 is 25.2. The van der Waals surface area contributed by atoms with E-state index in [4.69, 9.17) is 18.4 Å². The smallest absolute Gasteiger partial charge is 0.265 e. The third-order valence-electron chi connectivity index (χ3n) is 10.5.